The number of hydrogen-bond donors (Lipinski definition) is 2. The molecule has 0 spiro atoms. The minimum atomic E-state index is -3.85. The molecule has 1 heterocycles. The number of halogens is 1. The van der Waals surface area contributed by atoms with Gasteiger partial charge >= 0.3 is 7.12 Å². The Bertz CT molecular complexity index is 994. The minimum absolute atomic E-state index is 0.0104. The van der Waals surface area contributed by atoms with E-state index in [1.54, 1.807) is 30.3 Å². The lowest BCUT2D eigenvalue weighted by Crippen LogP contribution is -2.41. The molecule has 1 saturated heterocycles. The van der Waals surface area contributed by atoms with Crippen molar-refractivity contribution in [2.75, 3.05) is 13.2 Å². The van der Waals surface area contributed by atoms with Crippen LogP contribution in [0.25, 0.3) is 11.1 Å². The zero-order valence-electron chi connectivity index (χ0n) is 16.9. The molecule has 1 fully saturated rings. The molecule has 29 heavy (non-hydrogen) atoms. The average Bonchev–Trinajstić information content (AvgIpc) is 2.87. The highest BCUT2D eigenvalue weighted by Gasteiger charge is 2.52. The number of aliphatic hydroxyl groups is 1. The second-order valence-corrected chi connectivity index (χ2v) is 9.68. The van der Waals surface area contributed by atoms with Gasteiger partial charge < -0.3 is 14.4 Å². The molecule has 1 aliphatic heterocycles. The molecule has 0 unspecified atom stereocenters. The molecule has 0 aromatic heterocycles. The predicted octanol–water partition coefficient (Wildman–Crippen LogP) is 2.06. The first-order chi connectivity index (χ1) is 13.5. The van der Waals surface area contributed by atoms with Crippen LogP contribution in [-0.2, 0) is 19.3 Å². The molecule has 2 aromatic carbocycles. The Morgan fingerprint density at radius 1 is 1.07 bits per heavy atom. The fourth-order valence-electron chi connectivity index (χ4n) is 3.05. The van der Waals surface area contributed by atoms with Crippen molar-refractivity contribution in [3.63, 3.8) is 0 Å². The van der Waals surface area contributed by atoms with Crippen molar-refractivity contribution in [1.82, 2.24) is 4.72 Å². The van der Waals surface area contributed by atoms with Crippen LogP contribution in [0.15, 0.2) is 47.4 Å². The van der Waals surface area contributed by atoms with Gasteiger partial charge in [0.1, 0.15) is 5.82 Å². The first-order valence-electron chi connectivity index (χ1n) is 9.33. The monoisotopic (exact) mass is 421 g/mol. The highest BCUT2D eigenvalue weighted by Crippen LogP contribution is 2.37. The van der Waals surface area contributed by atoms with Gasteiger partial charge in [-0.3, -0.25) is 0 Å². The third-order valence-corrected chi connectivity index (χ3v) is 6.92. The van der Waals surface area contributed by atoms with Crippen LogP contribution in [0.1, 0.15) is 27.7 Å². The van der Waals surface area contributed by atoms with E-state index in [4.69, 9.17) is 14.4 Å². The number of sulfonamides is 1. The van der Waals surface area contributed by atoms with Crippen LogP contribution in [0, 0.1) is 5.82 Å². The van der Waals surface area contributed by atoms with Crippen LogP contribution in [0.3, 0.4) is 0 Å². The lowest BCUT2D eigenvalue weighted by Gasteiger charge is -2.32. The van der Waals surface area contributed by atoms with Gasteiger partial charge in [-0.05, 0) is 45.4 Å². The smallest absolute Gasteiger partial charge is 0.399 e. The summed E-state index contributed by atoms with van der Waals surface area (Å²) in [5.41, 5.74) is -0.167. The van der Waals surface area contributed by atoms with Crippen LogP contribution >= 0.6 is 0 Å². The van der Waals surface area contributed by atoms with Crippen LogP contribution in [-0.4, -0.2) is 45.0 Å². The van der Waals surface area contributed by atoms with Gasteiger partial charge in [-0.1, -0.05) is 30.3 Å². The van der Waals surface area contributed by atoms with Crippen molar-refractivity contribution in [3.8, 4) is 11.1 Å². The first kappa shape index (κ1) is 21.9. The third kappa shape index (κ3) is 4.24. The summed E-state index contributed by atoms with van der Waals surface area (Å²) in [6, 6.07) is 10.8. The van der Waals surface area contributed by atoms with E-state index in [0.717, 1.165) is 0 Å². The van der Waals surface area contributed by atoms with Crippen LogP contribution in [0.2, 0.25) is 0 Å². The van der Waals surface area contributed by atoms with Gasteiger partial charge in [0.25, 0.3) is 0 Å². The van der Waals surface area contributed by atoms with E-state index < -0.39 is 34.2 Å². The maximum atomic E-state index is 15.0. The molecular weight excluding hydrogens is 396 g/mol. The standard InChI is InChI=1S/C20H25BFNO5S/c1-19(2)20(3,4)28-21(27-19)16-10-9-14(13-17(16)22)15-7-5-6-8-18(15)29(25,26)23-11-12-24/h5-10,13,23-24H,11-12H2,1-4H3. The van der Waals surface area contributed by atoms with Gasteiger partial charge in [0.05, 0.1) is 22.7 Å². The molecule has 2 aromatic rings. The van der Waals surface area contributed by atoms with Gasteiger partial charge in [0, 0.05) is 17.6 Å². The molecule has 0 amide bonds. The summed E-state index contributed by atoms with van der Waals surface area (Å²) in [6.07, 6.45) is 0. The third-order valence-electron chi connectivity index (χ3n) is 5.40. The maximum Gasteiger partial charge on any atom is 0.497 e. The van der Waals surface area contributed by atoms with Crippen molar-refractivity contribution in [1.29, 1.82) is 0 Å². The molecule has 9 heteroatoms. The zero-order valence-corrected chi connectivity index (χ0v) is 17.7. The summed E-state index contributed by atoms with van der Waals surface area (Å²) in [7, 11) is -4.70. The molecule has 2 N–H and O–H groups in total. The van der Waals surface area contributed by atoms with Crippen molar-refractivity contribution in [2.24, 2.45) is 0 Å². The second kappa shape index (κ2) is 7.81. The Kier molecular flexibility index (Phi) is 5.90. The summed E-state index contributed by atoms with van der Waals surface area (Å²) >= 11 is 0. The zero-order chi connectivity index (χ0) is 21.4. The van der Waals surface area contributed by atoms with Crippen molar-refractivity contribution >= 4 is 22.6 Å². The summed E-state index contributed by atoms with van der Waals surface area (Å²) in [4.78, 5) is 0.0104. The van der Waals surface area contributed by atoms with Gasteiger partial charge in [-0.2, -0.15) is 0 Å². The van der Waals surface area contributed by atoms with E-state index >= 15 is 0 Å². The quantitative estimate of drug-likeness (QED) is 0.698. The molecule has 156 valence electrons. The number of rotatable bonds is 6. The number of hydrogen-bond acceptors (Lipinski definition) is 5. The molecular formula is C20H25BFNO5S. The highest BCUT2D eigenvalue weighted by atomic mass is 32.2. The first-order valence-corrected chi connectivity index (χ1v) is 10.8. The van der Waals surface area contributed by atoms with E-state index in [1.807, 2.05) is 27.7 Å². The van der Waals surface area contributed by atoms with E-state index in [2.05, 4.69) is 4.72 Å². The minimum Gasteiger partial charge on any atom is -0.399 e. The molecule has 0 bridgehead atoms. The number of aliphatic hydroxyl groups excluding tert-OH is 1. The molecule has 6 nitrogen and oxygen atoms in total. The van der Waals surface area contributed by atoms with E-state index in [1.165, 1.54) is 12.1 Å². The largest absolute Gasteiger partial charge is 0.497 e. The van der Waals surface area contributed by atoms with Crippen LogP contribution in [0.5, 0.6) is 0 Å². The van der Waals surface area contributed by atoms with Crippen LogP contribution in [0.4, 0.5) is 4.39 Å². The van der Waals surface area contributed by atoms with Crippen LogP contribution < -0.4 is 10.2 Å². The molecule has 3 rings (SSSR count). The van der Waals surface area contributed by atoms with Gasteiger partial charge in [-0.15, -0.1) is 0 Å². The Morgan fingerprint density at radius 2 is 1.69 bits per heavy atom. The van der Waals surface area contributed by atoms with Crippen molar-refractivity contribution < 1.29 is 27.2 Å². The second-order valence-electron chi connectivity index (χ2n) is 7.94. The Morgan fingerprint density at radius 3 is 2.28 bits per heavy atom. The molecule has 0 saturated carbocycles. The van der Waals surface area contributed by atoms with Gasteiger partial charge in [-0.25, -0.2) is 17.5 Å². The Labute approximate surface area is 171 Å². The Hall–Kier alpha value is -1.78. The predicted molar refractivity (Wildman–Crippen MR) is 110 cm³/mol. The normalized spacial score (nSPS) is 18.2. The van der Waals surface area contributed by atoms with Gasteiger partial charge in [0.15, 0.2) is 0 Å². The van der Waals surface area contributed by atoms with E-state index in [-0.39, 0.29) is 23.5 Å². The average molecular weight is 421 g/mol. The fraction of sp³-hybridized carbons (Fsp3) is 0.400. The number of benzene rings is 2. The molecule has 0 atom stereocenters. The molecule has 0 aliphatic carbocycles. The highest BCUT2D eigenvalue weighted by molar-refractivity contribution is 7.89. The fourth-order valence-corrected chi connectivity index (χ4v) is 4.30. The van der Waals surface area contributed by atoms with Gasteiger partial charge in [0.2, 0.25) is 10.0 Å². The summed E-state index contributed by atoms with van der Waals surface area (Å²) in [5, 5.41) is 8.91. The van der Waals surface area contributed by atoms with Crippen molar-refractivity contribution in [3.05, 3.63) is 48.3 Å². The lowest BCUT2D eigenvalue weighted by atomic mass is 9.78. The Balaban J connectivity index is 1.97. The molecule has 0 radical (unpaired) electrons. The molecule has 1 aliphatic rings. The van der Waals surface area contributed by atoms with Crippen molar-refractivity contribution in [2.45, 2.75) is 43.8 Å². The summed E-state index contributed by atoms with van der Waals surface area (Å²) < 4.78 is 54.2. The van der Waals surface area contributed by atoms with E-state index in [0.29, 0.717) is 11.1 Å². The van der Waals surface area contributed by atoms with E-state index in [9.17, 15) is 12.8 Å². The maximum absolute atomic E-state index is 15.0. The summed E-state index contributed by atoms with van der Waals surface area (Å²) in [5.74, 6) is -0.545. The lowest BCUT2D eigenvalue weighted by molar-refractivity contribution is 0.00578. The summed E-state index contributed by atoms with van der Waals surface area (Å²) in [6.45, 7) is 7.13. The number of nitrogens with one attached hydrogen (secondary N) is 1. The SMILES string of the molecule is CC1(C)OB(c2ccc(-c3ccccc3S(=O)(=O)NCCO)cc2F)OC1(C)C. The topological polar surface area (TPSA) is 84.9 Å².